The highest BCUT2D eigenvalue weighted by molar-refractivity contribution is 6.36. The number of pyridine rings is 1. The van der Waals surface area contributed by atoms with Crippen LogP contribution in [0, 0.1) is 6.92 Å². The molecule has 2 aromatic rings. The summed E-state index contributed by atoms with van der Waals surface area (Å²) in [6.45, 7) is 2.06. The predicted molar refractivity (Wildman–Crippen MR) is 80.6 cm³/mol. The number of aryl methyl sites for hydroxylation is 2. The molecule has 0 atom stereocenters. The van der Waals surface area contributed by atoms with Crippen molar-refractivity contribution in [2.24, 2.45) is 5.84 Å². The smallest absolute Gasteiger partial charge is 0.0771 e. The average Bonchev–Trinajstić information content (AvgIpc) is 2.66. The number of anilines is 1. The Morgan fingerprint density at radius 1 is 1.21 bits per heavy atom. The van der Waals surface area contributed by atoms with Crippen LogP contribution in [0.4, 0.5) is 5.69 Å². The molecule has 1 heterocycles. The van der Waals surface area contributed by atoms with Crippen molar-refractivity contribution in [3.63, 3.8) is 0 Å². The summed E-state index contributed by atoms with van der Waals surface area (Å²) >= 11 is 6.36. The molecule has 4 heteroatoms. The highest BCUT2D eigenvalue weighted by Crippen LogP contribution is 2.37. The summed E-state index contributed by atoms with van der Waals surface area (Å²) in [6.07, 6.45) is 5.71. The molecule has 0 bridgehead atoms. The van der Waals surface area contributed by atoms with E-state index in [1.54, 1.807) is 0 Å². The third kappa shape index (κ3) is 2.07. The van der Waals surface area contributed by atoms with E-state index in [1.165, 1.54) is 30.5 Å². The van der Waals surface area contributed by atoms with Crippen LogP contribution < -0.4 is 11.3 Å². The topological polar surface area (TPSA) is 50.9 Å². The fourth-order valence-corrected chi connectivity index (χ4v) is 3.20. The lowest BCUT2D eigenvalue weighted by atomic mass is 10.0. The second-order valence-corrected chi connectivity index (χ2v) is 5.61. The van der Waals surface area contributed by atoms with Crippen LogP contribution in [0.5, 0.6) is 0 Å². The molecule has 3 nitrogen and oxygen atoms in total. The first kappa shape index (κ1) is 12.7. The van der Waals surface area contributed by atoms with Crippen molar-refractivity contribution >= 4 is 28.2 Å². The van der Waals surface area contributed by atoms with Crippen LogP contribution in [0.15, 0.2) is 12.1 Å². The number of nitrogens with two attached hydrogens (primary N) is 1. The van der Waals surface area contributed by atoms with Gasteiger partial charge in [-0.1, -0.05) is 24.1 Å². The summed E-state index contributed by atoms with van der Waals surface area (Å²) in [7, 11) is 0. The molecule has 1 aromatic heterocycles. The molecule has 100 valence electrons. The number of hydrogen-bond acceptors (Lipinski definition) is 3. The van der Waals surface area contributed by atoms with Gasteiger partial charge in [0.05, 0.1) is 16.2 Å². The van der Waals surface area contributed by atoms with E-state index in [-0.39, 0.29) is 0 Å². The Morgan fingerprint density at radius 3 is 2.79 bits per heavy atom. The predicted octanol–water partition coefficient (Wildman–Crippen LogP) is 3.75. The highest BCUT2D eigenvalue weighted by atomic mass is 35.5. The summed E-state index contributed by atoms with van der Waals surface area (Å²) in [5.74, 6) is 5.77. The standard InChI is InChI=1S/C15H18ClN3/c1-9-7-8-11(16)13-14(9)18-12-6-4-2-3-5-10(12)15(13)19-17/h7-8H,2-6,17H2,1H3,(H,18,19). The largest absolute Gasteiger partial charge is 0.323 e. The molecule has 1 aliphatic carbocycles. The van der Waals surface area contributed by atoms with Crippen molar-refractivity contribution < 1.29 is 0 Å². The van der Waals surface area contributed by atoms with Crippen molar-refractivity contribution in [3.05, 3.63) is 34.0 Å². The molecule has 1 aliphatic rings. The maximum atomic E-state index is 6.36. The van der Waals surface area contributed by atoms with E-state index in [0.717, 1.165) is 35.0 Å². The van der Waals surface area contributed by atoms with Crippen LogP contribution >= 0.6 is 11.6 Å². The van der Waals surface area contributed by atoms with Gasteiger partial charge >= 0.3 is 0 Å². The SMILES string of the molecule is Cc1ccc(Cl)c2c(NN)c3c(nc12)CCCCC3. The highest BCUT2D eigenvalue weighted by Gasteiger charge is 2.19. The number of hydrogen-bond donors (Lipinski definition) is 2. The first-order chi connectivity index (χ1) is 9.22. The van der Waals surface area contributed by atoms with Gasteiger partial charge < -0.3 is 5.43 Å². The molecule has 19 heavy (non-hydrogen) atoms. The molecular formula is C15H18ClN3. The van der Waals surface area contributed by atoms with E-state index in [0.29, 0.717) is 5.02 Å². The van der Waals surface area contributed by atoms with Gasteiger partial charge in [-0.15, -0.1) is 0 Å². The summed E-state index contributed by atoms with van der Waals surface area (Å²) in [5.41, 5.74) is 8.39. The van der Waals surface area contributed by atoms with Crippen LogP contribution in [0.25, 0.3) is 10.9 Å². The Kier molecular flexibility index (Phi) is 3.33. The number of aromatic nitrogens is 1. The number of nitrogen functional groups attached to an aromatic ring is 1. The first-order valence-corrected chi connectivity index (χ1v) is 7.17. The summed E-state index contributed by atoms with van der Waals surface area (Å²) in [4.78, 5) is 4.86. The molecule has 3 N–H and O–H groups in total. The fourth-order valence-electron chi connectivity index (χ4n) is 2.96. The Bertz CT molecular complexity index is 637. The van der Waals surface area contributed by atoms with Crippen molar-refractivity contribution in [2.45, 2.75) is 39.0 Å². The van der Waals surface area contributed by atoms with Gasteiger partial charge in [-0.3, -0.25) is 10.8 Å². The van der Waals surface area contributed by atoms with E-state index >= 15 is 0 Å². The van der Waals surface area contributed by atoms with Crippen molar-refractivity contribution in [1.82, 2.24) is 4.98 Å². The number of hydrazine groups is 1. The summed E-state index contributed by atoms with van der Waals surface area (Å²) < 4.78 is 0. The van der Waals surface area contributed by atoms with Crippen molar-refractivity contribution in [3.8, 4) is 0 Å². The summed E-state index contributed by atoms with van der Waals surface area (Å²) in [6, 6.07) is 3.94. The second-order valence-electron chi connectivity index (χ2n) is 5.20. The van der Waals surface area contributed by atoms with Crippen LogP contribution in [-0.4, -0.2) is 4.98 Å². The van der Waals surface area contributed by atoms with Gasteiger partial charge in [0, 0.05) is 11.1 Å². The minimum atomic E-state index is 0.716. The number of nitrogens with one attached hydrogen (secondary N) is 1. The van der Waals surface area contributed by atoms with Gasteiger partial charge in [-0.2, -0.15) is 0 Å². The number of benzene rings is 1. The van der Waals surface area contributed by atoms with E-state index < -0.39 is 0 Å². The van der Waals surface area contributed by atoms with Crippen molar-refractivity contribution in [2.75, 3.05) is 5.43 Å². The average molecular weight is 276 g/mol. The minimum absolute atomic E-state index is 0.716. The number of halogens is 1. The minimum Gasteiger partial charge on any atom is -0.323 e. The molecule has 3 rings (SSSR count). The van der Waals surface area contributed by atoms with Gasteiger partial charge in [0.15, 0.2) is 0 Å². The monoisotopic (exact) mass is 275 g/mol. The third-order valence-electron chi connectivity index (χ3n) is 3.96. The molecule has 0 saturated heterocycles. The number of nitrogens with zero attached hydrogens (tertiary/aromatic N) is 1. The van der Waals surface area contributed by atoms with E-state index in [1.807, 2.05) is 12.1 Å². The number of fused-ring (bicyclic) bond motifs is 2. The van der Waals surface area contributed by atoms with E-state index in [4.69, 9.17) is 22.4 Å². The lowest BCUT2D eigenvalue weighted by molar-refractivity contribution is 0.709. The van der Waals surface area contributed by atoms with Crippen LogP contribution in [-0.2, 0) is 12.8 Å². The van der Waals surface area contributed by atoms with Gasteiger partial charge in [-0.25, -0.2) is 0 Å². The van der Waals surface area contributed by atoms with Crippen molar-refractivity contribution in [1.29, 1.82) is 0 Å². The molecule has 0 unspecified atom stereocenters. The van der Waals surface area contributed by atoms with Crippen LogP contribution in [0.2, 0.25) is 5.02 Å². The normalized spacial score (nSPS) is 15.1. The van der Waals surface area contributed by atoms with Gasteiger partial charge in [0.25, 0.3) is 0 Å². The lowest BCUT2D eigenvalue weighted by Crippen LogP contribution is -2.12. The zero-order valence-electron chi connectivity index (χ0n) is 11.1. The van der Waals surface area contributed by atoms with E-state index in [9.17, 15) is 0 Å². The molecule has 0 amide bonds. The lowest BCUT2D eigenvalue weighted by Gasteiger charge is -2.16. The van der Waals surface area contributed by atoms with Gasteiger partial charge in [-0.05, 0) is 49.8 Å². The molecule has 0 spiro atoms. The van der Waals surface area contributed by atoms with Gasteiger partial charge in [0.1, 0.15) is 0 Å². The Morgan fingerprint density at radius 2 is 2.00 bits per heavy atom. The fraction of sp³-hybridized carbons (Fsp3) is 0.400. The molecule has 0 fully saturated rings. The second kappa shape index (κ2) is 4.99. The number of rotatable bonds is 1. The molecule has 1 aromatic carbocycles. The zero-order chi connectivity index (χ0) is 13.4. The third-order valence-corrected chi connectivity index (χ3v) is 4.28. The maximum Gasteiger partial charge on any atom is 0.0771 e. The molecule has 0 saturated carbocycles. The maximum absolute atomic E-state index is 6.36. The molecule has 0 aliphatic heterocycles. The Balaban J connectivity index is 2.39. The first-order valence-electron chi connectivity index (χ1n) is 6.79. The Labute approximate surface area is 118 Å². The van der Waals surface area contributed by atoms with Crippen LogP contribution in [0.1, 0.15) is 36.1 Å². The van der Waals surface area contributed by atoms with Crippen LogP contribution in [0.3, 0.4) is 0 Å². The quantitative estimate of drug-likeness (QED) is 0.473. The molecule has 0 radical (unpaired) electrons. The van der Waals surface area contributed by atoms with E-state index in [2.05, 4.69) is 12.3 Å². The Hall–Kier alpha value is -1.32. The zero-order valence-corrected chi connectivity index (χ0v) is 11.8. The van der Waals surface area contributed by atoms with Gasteiger partial charge in [0.2, 0.25) is 0 Å². The molecular weight excluding hydrogens is 258 g/mol. The summed E-state index contributed by atoms with van der Waals surface area (Å²) in [5, 5.41) is 1.68.